The summed E-state index contributed by atoms with van der Waals surface area (Å²) in [4.78, 5) is 17.5. The number of nitrogens with zero attached hydrogens (tertiary/aromatic N) is 2. The van der Waals surface area contributed by atoms with Crippen LogP contribution in [0.15, 0.2) is 48.5 Å². The van der Waals surface area contributed by atoms with Crippen LogP contribution >= 0.6 is 0 Å². The lowest BCUT2D eigenvalue weighted by Gasteiger charge is -2.19. The third kappa shape index (κ3) is 4.45. The molecule has 3 aromatic rings. The molecule has 0 aliphatic rings. The number of unbranched alkanes of at least 4 members (excludes halogenated alkanes) is 1. The molecule has 2 aromatic carbocycles. The zero-order valence-corrected chi connectivity index (χ0v) is 16.2. The summed E-state index contributed by atoms with van der Waals surface area (Å²) >= 11 is 0. The molecular formula is C23H26N2O2. The molecule has 0 spiro atoms. The van der Waals surface area contributed by atoms with Crippen LogP contribution in [0.4, 0.5) is 5.82 Å². The van der Waals surface area contributed by atoms with Crippen LogP contribution in [0.1, 0.15) is 30.9 Å². The van der Waals surface area contributed by atoms with E-state index >= 15 is 0 Å². The number of benzene rings is 2. The van der Waals surface area contributed by atoms with Gasteiger partial charge >= 0.3 is 5.97 Å². The van der Waals surface area contributed by atoms with E-state index in [2.05, 4.69) is 56.3 Å². The van der Waals surface area contributed by atoms with E-state index in [9.17, 15) is 4.79 Å². The van der Waals surface area contributed by atoms with Crippen LogP contribution < -0.4 is 4.90 Å². The largest absolute Gasteiger partial charge is 0.480 e. The lowest BCUT2D eigenvalue weighted by molar-refractivity contribution is -0.135. The van der Waals surface area contributed by atoms with Crippen molar-refractivity contribution in [3.05, 3.63) is 59.7 Å². The minimum Gasteiger partial charge on any atom is -0.480 e. The molecule has 0 amide bonds. The lowest BCUT2D eigenvalue weighted by atomic mass is 9.97. The Morgan fingerprint density at radius 3 is 2.52 bits per heavy atom. The minimum absolute atomic E-state index is 0.0829. The zero-order valence-electron chi connectivity index (χ0n) is 16.2. The van der Waals surface area contributed by atoms with Crippen molar-refractivity contribution in [1.82, 2.24) is 4.98 Å². The summed E-state index contributed by atoms with van der Waals surface area (Å²) in [5.41, 5.74) is 5.62. The summed E-state index contributed by atoms with van der Waals surface area (Å²) in [5, 5.41) is 10.2. The number of hydrogen-bond donors (Lipinski definition) is 1. The number of aliphatic carboxylic acids is 1. The fourth-order valence-corrected chi connectivity index (χ4v) is 3.25. The molecule has 0 saturated carbocycles. The highest BCUT2D eigenvalue weighted by atomic mass is 16.4. The van der Waals surface area contributed by atoms with E-state index in [0.29, 0.717) is 5.82 Å². The summed E-state index contributed by atoms with van der Waals surface area (Å²) < 4.78 is 0. The minimum atomic E-state index is -0.869. The molecule has 4 nitrogen and oxygen atoms in total. The Bertz CT molecular complexity index is 948. The van der Waals surface area contributed by atoms with Gasteiger partial charge in [0.05, 0.1) is 5.52 Å². The number of aryl methyl sites for hydroxylation is 2. The molecule has 0 bridgehead atoms. The third-order valence-electron chi connectivity index (χ3n) is 4.80. The van der Waals surface area contributed by atoms with Crippen LogP contribution in [0.25, 0.3) is 22.0 Å². The van der Waals surface area contributed by atoms with Crippen molar-refractivity contribution in [2.45, 2.75) is 33.1 Å². The normalized spacial score (nSPS) is 10.9. The molecule has 1 aromatic heterocycles. The lowest BCUT2D eigenvalue weighted by Crippen LogP contribution is -2.26. The first kappa shape index (κ1) is 18.9. The van der Waals surface area contributed by atoms with Crippen molar-refractivity contribution < 1.29 is 9.90 Å². The number of pyridine rings is 1. The average molecular weight is 362 g/mol. The second-order valence-electron chi connectivity index (χ2n) is 7.10. The summed E-state index contributed by atoms with van der Waals surface area (Å²) in [6, 6.07) is 16.8. The summed E-state index contributed by atoms with van der Waals surface area (Å²) in [7, 11) is 1.76. The van der Waals surface area contributed by atoms with Crippen molar-refractivity contribution in [3.63, 3.8) is 0 Å². The third-order valence-corrected chi connectivity index (χ3v) is 4.80. The molecule has 1 heterocycles. The van der Waals surface area contributed by atoms with E-state index in [1.54, 1.807) is 11.9 Å². The van der Waals surface area contributed by atoms with Gasteiger partial charge in [0.1, 0.15) is 12.4 Å². The van der Waals surface area contributed by atoms with E-state index in [0.717, 1.165) is 34.9 Å². The van der Waals surface area contributed by atoms with Crippen LogP contribution in [-0.4, -0.2) is 29.7 Å². The van der Waals surface area contributed by atoms with Gasteiger partial charge in [0.2, 0.25) is 0 Å². The number of carbonyl (C=O) groups is 1. The zero-order chi connectivity index (χ0) is 19.4. The Balaban J connectivity index is 2.15. The van der Waals surface area contributed by atoms with E-state index in [-0.39, 0.29) is 6.54 Å². The number of aromatic nitrogens is 1. The van der Waals surface area contributed by atoms with E-state index in [1.807, 2.05) is 6.07 Å². The van der Waals surface area contributed by atoms with E-state index in [1.165, 1.54) is 17.5 Å². The first-order valence-corrected chi connectivity index (χ1v) is 9.41. The van der Waals surface area contributed by atoms with Gasteiger partial charge in [-0.1, -0.05) is 49.2 Å². The van der Waals surface area contributed by atoms with Crippen molar-refractivity contribution in [2.75, 3.05) is 18.5 Å². The molecule has 0 unspecified atom stereocenters. The Labute approximate surface area is 160 Å². The molecule has 140 valence electrons. The smallest absolute Gasteiger partial charge is 0.323 e. The van der Waals surface area contributed by atoms with E-state index in [4.69, 9.17) is 10.1 Å². The number of likely N-dealkylation sites (N-methyl/N-ethyl adjacent to an activating group) is 1. The van der Waals surface area contributed by atoms with E-state index < -0.39 is 5.97 Å². The Kier molecular flexibility index (Phi) is 5.75. The maximum Gasteiger partial charge on any atom is 0.323 e. The van der Waals surface area contributed by atoms with Crippen molar-refractivity contribution in [2.24, 2.45) is 0 Å². The van der Waals surface area contributed by atoms with Gasteiger partial charge in [0, 0.05) is 12.4 Å². The predicted molar refractivity (Wildman–Crippen MR) is 111 cm³/mol. The summed E-state index contributed by atoms with van der Waals surface area (Å²) in [6.45, 7) is 4.19. The van der Waals surface area contributed by atoms with Crippen molar-refractivity contribution in [3.8, 4) is 11.1 Å². The molecule has 0 atom stereocenters. The maximum atomic E-state index is 11.1. The Hall–Kier alpha value is -2.88. The van der Waals surface area contributed by atoms with Gasteiger partial charge < -0.3 is 10.0 Å². The van der Waals surface area contributed by atoms with Gasteiger partial charge in [-0.15, -0.1) is 0 Å². The van der Waals surface area contributed by atoms with Crippen LogP contribution in [0.3, 0.4) is 0 Å². The van der Waals surface area contributed by atoms with Crippen LogP contribution in [0.2, 0.25) is 0 Å². The predicted octanol–water partition coefficient (Wildman–Crippen LogP) is 5.07. The standard InChI is InChI=1S/C23H26N2O2/c1-4-5-6-17-9-12-21-20(13-17)19(18-10-7-16(2)8-11-18)14-22(24-21)25(3)15-23(26)27/h7-14H,4-6,15H2,1-3H3,(H,26,27). The van der Waals surface area contributed by atoms with Gasteiger partial charge in [-0.25, -0.2) is 4.98 Å². The van der Waals surface area contributed by atoms with Gasteiger partial charge in [-0.05, 0) is 54.7 Å². The molecule has 4 heteroatoms. The molecular weight excluding hydrogens is 336 g/mol. The first-order chi connectivity index (χ1) is 13.0. The second-order valence-corrected chi connectivity index (χ2v) is 7.10. The molecule has 0 fully saturated rings. The number of anilines is 1. The number of carboxylic acids is 1. The van der Waals surface area contributed by atoms with Crippen molar-refractivity contribution in [1.29, 1.82) is 0 Å². The highest BCUT2D eigenvalue weighted by Crippen LogP contribution is 2.32. The molecule has 1 N–H and O–H groups in total. The SMILES string of the molecule is CCCCc1ccc2nc(N(C)CC(=O)O)cc(-c3ccc(C)cc3)c2c1. The Morgan fingerprint density at radius 1 is 1.11 bits per heavy atom. The molecule has 27 heavy (non-hydrogen) atoms. The van der Waals surface area contributed by atoms with Gasteiger partial charge in [0.15, 0.2) is 0 Å². The van der Waals surface area contributed by atoms with Gasteiger partial charge in [-0.3, -0.25) is 4.79 Å². The maximum absolute atomic E-state index is 11.1. The molecule has 0 aliphatic heterocycles. The fourth-order valence-electron chi connectivity index (χ4n) is 3.25. The van der Waals surface area contributed by atoms with Crippen LogP contribution in [0, 0.1) is 6.92 Å². The topological polar surface area (TPSA) is 53.4 Å². The molecule has 0 aliphatic carbocycles. The monoisotopic (exact) mass is 362 g/mol. The van der Waals surface area contributed by atoms with Crippen LogP contribution in [-0.2, 0) is 11.2 Å². The van der Waals surface area contributed by atoms with Gasteiger partial charge in [-0.2, -0.15) is 0 Å². The molecule has 0 radical (unpaired) electrons. The van der Waals surface area contributed by atoms with Crippen LogP contribution in [0.5, 0.6) is 0 Å². The number of hydrogen-bond acceptors (Lipinski definition) is 3. The number of rotatable bonds is 7. The molecule has 0 saturated heterocycles. The highest BCUT2D eigenvalue weighted by molar-refractivity contribution is 5.96. The fraction of sp³-hybridized carbons (Fsp3) is 0.304. The Morgan fingerprint density at radius 2 is 1.85 bits per heavy atom. The highest BCUT2D eigenvalue weighted by Gasteiger charge is 2.13. The van der Waals surface area contributed by atoms with Crippen molar-refractivity contribution >= 4 is 22.7 Å². The second kappa shape index (κ2) is 8.21. The average Bonchev–Trinajstić information content (AvgIpc) is 2.65. The first-order valence-electron chi connectivity index (χ1n) is 9.41. The number of fused-ring (bicyclic) bond motifs is 1. The molecule has 3 rings (SSSR count). The quantitative estimate of drug-likeness (QED) is 0.637. The summed E-state index contributed by atoms with van der Waals surface area (Å²) in [5.74, 6) is -0.201. The number of carboxylic acid groups (broad SMARTS) is 1. The summed E-state index contributed by atoms with van der Waals surface area (Å²) in [6.07, 6.45) is 3.39. The van der Waals surface area contributed by atoms with Gasteiger partial charge in [0.25, 0.3) is 0 Å².